The molecule has 0 aromatic heterocycles. The van der Waals surface area contributed by atoms with E-state index in [2.05, 4.69) is 99.6 Å². The van der Waals surface area contributed by atoms with Gasteiger partial charge in [0.2, 0.25) is 0 Å². The van der Waals surface area contributed by atoms with Crippen molar-refractivity contribution in [3.05, 3.63) is 84.4 Å². The maximum absolute atomic E-state index is 2.38. The number of benzene rings is 4. The minimum absolute atomic E-state index is 0.128. The zero-order valence-electron chi connectivity index (χ0n) is 14.5. The predicted octanol–water partition coefficient (Wildman–Crippen LogP) is 6.96. The molecule has 0 radical (unpaired) electrons. The molecule has 24 heavy (non-hydrogen) atoms. The average Bonchev–Trinajstić information content (AvgIpc) is 2.59. The second kappa shape index (κ2) is 5.49. The molecule has 0 aliphatic rings. The van der Waals surface area contributed by atoms with Crippen LogP contribution in [0.5, 0.6) is 0 Å². The Morgan fingerprint density at radius 3 is 1.83 bits per heavy atom. The van der Waals surface area contributed by atoms with Crippen molar-refractivity contribution in [2.45, 2.75) is 26.2 Å². The van der Waals surface area contributed by atoms with Gasteiger partial charge in [-0.05, 0) is 49.7 Å². The zero-order chi connectivity index (χ0) is 16.7. The van der Waals surface area contributed by atoms with E-state index in [0.717, 1.165) is 0 Å². The maximum Gasteiger partial charge on any atom is -0.00962 e. The fourth-order valence-corrected chi connectivity index (χ4v) is 3.43. The van der Waals surface area contributed by atoms with Crippen molar-refractivity contribution in [1.29, 1.82) is 0 Å². The molecular formula is C24H22. The van der Waals surface area contributed by atoms with Crippen molar-refractivity contribution in [3.8, 4) is 11.1 Å². The lowest BCUT2D eigenvalue weighted by Crippen LogP contribution is -2.11. The Morgan fingerprint density at radius 1 is 0.542 bits per heavy atom. The van der Waals surface area contributed by atoms with E-state index in [4.69, 9.17) is 0 Å². The second-order valence-corrected chi connectivity index (χ2v) is 7.52. The Bertz CT molecular complexity index is 1030. The monoisotopic (exact) mass is 310 g/mol. The van der Waals surface area contributed by atoms with Crippen molar-refractivity contribution >= 4 is 21.5 Å². The van der Waals surface area contributed by atoms with Gasteiger partial charge in [0, 0.05) is 0 Å². The normalized spacial score (nSPS) is 12.0. The Labute approximate surface area is 143 Å². The van der Waals surface area contributed by atoms with E-state index in [9.17, 15) is 0 Å². The topological polar surface area (TPSA) is 0 Å². The van der Waals surface area contributed by atoms with Crippen molar-refractivity contribution in [3.63, 3.8) is 0 Å². The van der Waals surface area contributed by atoms with Crippen molar-refractivity contribution in [2.75, 3.05) is 0 Å². The molecular weight excluding hydrogens is 288 g/mol. The molecule has 118 valence electrons. The summed E-state index contributed by atoms with van der Waals surface area (Å²) in [6.07, 6.45) is 0. The van der Waals surface area contributed by atoms with E-state index in [1.54, 1.807) is 0 Å². The minimum Gasteiger partial charge on any atom is -0.0616 e. The molecule has 0 heteroatoms. The summed E-state index contributed by atoms with van der Waals surface area (Å²) in [7, 11) is 0. The smallest absolute Gasteiger partial charge is 0.00962 e. The molecule has 0 saturated heterocycles. The van der Waals surface area contributed by atoms with Crippen molar-refractivity contribution in [2.24, 2.45) is 0 Å². The molecule has 0 bridgehead atoms. The highest BCUT2D eigenvalue weighted by Gasteiger charge is 2.17. The van der Waals surface area contributed by atoms with Crippen LogP contribution in [0.3, 0.4) is 0 Å². The van der Waals surface area contributed by atoms with E-state index in [1.165, 1.54) is 38.2 Å². The van der Waals surface area contributed by atoms with Crippen LogP contribution < -0.4 is 0 Å². The first-order valence-corrected chi connectivity index (χ1v) is 8.55. The SMILES string of the molecule is CC(C)(C)c1cc(-c2cccc3ccccc23)c2ccccc2c1. The molecule has 0 aliphatic carbocycles. The summed E-state index contributed by atoms with van der Waals surface area (Å²) in [6.45, 7) is 6.85. The van der Waals surface area contributed by atoms with Crippen LogP contribution in [0.2, 0.25) is 0 Å². The fourth-order valence-electron chi connectivity index (χ4n) is 3.43. The Hall–Kier alpha value is -2.60. The molecule has 0 atom stereocenters. The number of fused-ring (bicyclic) bond motifs is 2. The highest BCUT2D eigenvalue weighted by atomic mass is 14.2. The molecule has 0 aliphatic heterocycles. The summed E-state index contributed by atoms with van der Waals surface area (Å²) < 4.78 is 0. The lowest BCUT2D eigenvalue weighted by Gasteiger charge is -2.22. The van der Waals surface area contributed by atoms with E-state index in [-0.39, 0.29) is 5.41 Å². The van der Waals surface area contributed by atoms with Gasteiger partial charge in [0.15, 0.2) is 0 Å². The van der Waals surface area contributed by atoms with Gasteiger partial charge in [-0.3, -0.25) is 0 Å². The van der Waals surface area contributed by atoms with Gasteiger partial charge in [0.1, 0.15) is 0 Å². The summed E-state index contributed by atoms with van der Waals surface area (Å²) in [6, 6.07) is 28.7. The van der Waals surface area contributed by atoms with E-state index < -0.39 is 0 Å². The van der Waals surface area contributed by atoms with E-state index in [0.29, 0.717) is 0 Å². The van der Waals surface area contributed by atoms with E-state index >= 15 is 0 Å². The summed E-state index contributed by atoms with van der Waals surface area (Å²) in [5.41, 5.74) is 4.15. The molecule has 0 spiro atoms. The van der Waals surface area contributed by atoms with Gasteiger partial charge in [-0.15, -0.1) is 0 Å². The molecule has 0 nitrogen and oxygen atoms in total. The molecule has 4 aromatic carbocycles. The quantitative estimate of drug-likeness (QED) is 0.356. The Morgan fingerprint density at radius 2 is 1.12 bits per heavy atom. The molecule has 0 amide bonds. The molecule has 4 aromatic rings. The maximum atomic E-state index is 2.38. The lowest BCUT2D eigenvalue weighted by atomic mass is 9.82. The Balaban J connectivity index is 2.12. The van der Waals surface area contributed by atoms with Gasteiger partial charge in [0.05, 0.1) is 0 Å². The van der Waals surface area contributed by atoms with Gasteiger partial charge in [-0.1, -0.05) is 93.6 Å². The second-order valence-electron chi connectivity index (χ2n) is 7.52. The summed E-state index contributed by atoms with van der Waals surface area (Å²) in [5.74, 6) is 0. The van der Waals surface area contributed by atoms with Gasteiger partial charge >= 0.3 is 0 Å². The van der Waals surface area contributed by atoms with Crippen LogP contribution in [-0.2, 0) is 5.41 Å². The van der Waals surface area contributed by atoms with Crippen molar-refractivity contribution in [1.82, 2.24) is 0 Å². The summed E-state index contributed by atoms with van der Waals surface area (Å²) in [5, 5.41) is 5.24. The van der Waals surface area contributed by atoms with Crippen LogP contribution in [0.25, 0.3) is 32.7 Å². The fraction of sp³-hybridized carbons (Fsp3) is 0.167. The first kappa shape index (κ1) is 15.0. The van der Waals surface area contributed by atoms with Crippen molar-refractivity contribution < 1.29 is 0 Å². The third-order valence-corrected chi connectivity index (χ3v) is 4.81. The first-order valence-electron chi connectivity index (χ1n) is 8.55. The van der Waals surface area contributed by atoms with Gasteiger partial charge < -0.3 is 0 Å². The zero-order valence-corrected chi connectivity index (χ0v) is 14.5. The molecule has 0 unspecified atom stereocenters. The number of rotatable bonds is 1. The highest BCUT2D eigenvalue weighted by molar-refractivity contribution is 6.05. The largest absolute Gasteiger partial charge is 0.0616 e. The standard InChI is InChI=1S/C24H22/c1-24(2,3)19-15-18-10-5-7-13-21(18)23(16-19)22-14-8-11-17-9-4-6-12-20(17)22/h4-16H,1-3H3. The van der Waals surface area contributed by atoms with Gasteiger partial charge in [0.25, 0.3) is 0 Å². The molecule has 0 heterocycles. The molecule has 4 rings (SSSR count). The summed E-state index contributed by atoms with van der Waals surface area (Å²) in [4.78, 5) is 0. The van der Waals surface area contributed by atoms with Crippen LogP contribution in [0.1, 0.15) is 26.3 Å². The predicted molar refractivity (Wildman–Crippen MR) is 106 cm³/mol. The minimum atomic E-state index is 0.128. The first-order chi connectivity index (χ1) is 11.5. The number of hydrogen-bond acceptors (Lipinski definition) is 0. The third kappa shape index (κ3) is 2.49. The summed E-state index contributed by atoms with van der Waals surface area (Å²) >= 11 is 0. The molecule has 0 saturated carbocycles. The van der Waals surface area contributed by atoms with Gasteiger partial charge in [-0.2, -0.15) is 0 Å². The number of hydrogen-bond donors (Lipinski definition) is 0. The third-order valence-electron chi connectivity index (χ3n) is 4.81. The average molecular weight is 310 g/mol. The highest BCUT2D eigenvalue weighted by Crippen LogP contribution is 2.37. The lowest BCUT2D eigenvalue weighted by molar-refractivity contribution is 0.591. The van der Waals surface area contributed by atoms with Crippen LogP contribution in [0.4, 0.5) is 0 Å². The molecule has 0 N–H and O–H groups in total. The van der Waals surface area contributed by atoms with E-state index in [1.807, 2.05) is 0 Å². The Kier molecular flexibility index (Phi) is 3.42. The van der Waals surface area contributed by atoms with Gasteiger partial charge in [-0.25, -0.2) is 0 Å². The molecule has 0 fully saturated rings. The van der Waals surface area contributed by atoms with Crippen LogP contribution in [0, 0.1) is 0 Å². The van der Waals surface area contributed by atoms with Crippen LogP contribution in [-0.4, -0.2) is 0 Å². The van der Waals surface area contributed by atoms with Crippen LogP contribution >= 0.6 is 0 Å². The van der Waals surface area contributed by atoms with Crippen LogP contribution in [0.15, 0.2) is 78.9 Å².